The second-order valence-corrected chi connectivity index (χ2v) is 9.47. The minimum Gasteiger partial charge on any atom is -0.444 e. The highest BCUT2D eigenvalue weighted by Gasteiger charge is 2.52. The first-order chi connectivity index (χ1) is 13.2. The number of ether oxygens (including phenoxy) is 1. The molecule has 1 fully saturated rings. The summed E-state index contributed by atoms with van der Waals surface area (Å²) in [5.74, 6) is 0. The fourth-order valence-electron chi connectivity index (χ4n) is 2.63. The van der Waals surface area contributed by atoms with Gasteiger partial charge in [0.2, 0.25) is 0 Å². The highest BCUT2D eigenvalue weighted by Crippen LogP contribution is 2.39. The highest BCUT2D eigenvalue weighted by atomic mass is 35.5. The average Bonchev–Trinajstić information content (AvgIpc) is 2.79. The molecule has 6 nitrogen and oxygen atoms in total. The molecule has 1 N–H and O–H groups in total. The van der Waals surface area contributed by atoms with E-state index in [2.05, 4.69) is 5.32 Å². The number of amides is 1. The van der Waals surface area contributed by atoms with Crippen LogP contribution in [0.2, 0.25) is 5.02 Å². The van der Waals surface area contributed by atoms with E-state index in [0.29, 0.717) is 21.6 Å². The van der Waals surface area contributed by atoms with Crippen LogP contribution in [0.5, 0.6) is 0 Å². The Kier molecular flexibility index (Phi) is 6.88. The van der Waals surface area contributed by atoms with Crippen LogP contribution in [0.25, 0.3) is 6.08 Å². The summed E-state index contributed by atoms with van der Waals surface area (Å²) in [7, 11) is -0.689. The summed E-state index contributed by atoms with van der Waals surface area (Å²) in [5.41, 5.74) is 0.0779. The zero-order valence-corrected chi connectivity index (χ0v) is 18.8. The molecule has 0 atom stereocenters. The van der Waals surface area contributed by atoms with Gasteiger partial charge < -0.3 is 19.4 Å². The molecule has 2 rings (SSSR count). The second kappa shape index (κ2) is 8.50. The van der Waals surface area contributed by atoms with Crippen LogP contribution in [0.15, 0.2) is 23.7 Å². The van der Waals surface area contributed by atoms with Crippen LogP contribution in [0.3, 0.4) is 0 Å². The molecule has 1 aromatic carbocycles. The van der Waals surface area contributed by atoms with Crippen molar-refractivity contribution in [1.82, 2.24) is 5.32 Å². The quantitative estimate of drug-likeness (QED) is 0.551. The SMILES string of the molecule is CC(C)(C)OC(=O)NCC(=Cc1cc(C=O)ccc1Cl)B1OC(C)(C)C(C)(C)O1. The van der Waals surface area contributed by atoms with Crippen molar-refractivity contribution in [2.75, 3.05) is 6.54 Å². The first-order valence-corrected chi connectivity index (χ1v) is 9.89. The molecule has 0 radical (unpaired) electrons. The predicted octanol–water partition coefficient (Wildman–Crippen LogP) is 4.69. The van der Waals surface area contributed by atoms with E-state index in [1.807, 2.05) is 27.7 Å². The first kappa shape index (κ1) is 23.5. The summed E-state index contributed by atoms with van der Waals surface area (Å²) >= 11 is 6.31. The van der Waals surface area contributed by atoms with Crippen molar-refractivity contribution in [3.8, 4) is 0 Å². The molecule has 0 spiro atoms. The Bertz CT molecular complexity index is 798. The van der Waals surface area contributed by atoms with Gasteiger partial charge in [0.1, 0.15) is 11.9 Å². The average molecular weight is 422 g/mol. The van der Waals surface area contributed by atoms with E-state index in [4.69, 9.17) is 25.6 Å². The Balaban J connectivity index is 2.34. The lowest BCUT2D eigenvalue weighted by Crippen LogP contribution is -2.41. The Hall–Kier alpha value is -1.83. The summed E-state index contributed by atoms with van der Waals surface area (Å²) < 4.78 is 17.6. The fourth-order valence-corrected chi connectivity index (χ4v) is 2.80. The maximum atomic E-state index is 12.1. The van der Waals surface area contributed by atoms with Crippen molar-refractivity contribution in [2.45, 2.75) is 65.3 Å². The number of nitrogens with one attached hydrogen (secondary N) is 1. The Morgan fingerprint density at radius 1 is 1.21 bits per heavy atom. The molecular formula is C21H29BClNO5. The lowest BCUT2D eigenvalue weighted by Gasteiger charge is -2.32. The largest absolute Gasteiger partial charge is 0.492 e. The van der Waals surface area contributed by atoms with Gasteiger partial charge in [-0.3, -0.25) is 4.79 Å². The van der Waals surface area contributed by atoms with Crippen molar-refractivity contribution < 1.29 is 23.6 Å². The van der Waals surface area contributed by atoms with E-state index in [1.54, 1.807) is 45.0 Å². The molecule has 1 aliphatic rings. The van der Waals surface area contributed by atoms with E-state index < -0.39 is 30.0 Å². The van der Waals surface area contributed by atoms with Gasteiger partial charge in [0, 0.05) is 17.1 Å². The predicted molar refractivity (Wildman–Crippen MR) is 115 cm³/mol. The molecule has 1 aliphatic heterocycles. The summed E-state index contributed by atoms with van der Waals surface area (Å²) in [6, 6.07) is 4.97. The van der Waals surface area contributed by atoms with E-state index in [-0.39, 0.29) is 6.54 Å². The topological polar surface area (TPSA) is 73.9 Å². The van der Waals surface area contributed by atoms with Gasteiger partial charge in [-0.15, -0.1) is 0 Å². The number of alkyl carbamates (subject to hydrolysis) is 1. The van der Waals surface area contributed by atoms with Crippen LogP contribution in [-0.2, 0) is 14.0 Å². The summed E-state index contributed by atoms with van der Waals surface area (Å²) in [6.07, 6.45) is 1.98. The van der Waals surface area contributed by atoms with Gasteiger partial charge in [-0.25, -0.2) is 4.79 Å². The summed E-state index contributed by atoms with van der Waals surface area (Å²) in [4.78, 5) is 23.3. The maximum absolute atomic E-state index is 12.1. The number of carbonyl (C=O) groups is 2. The zero-order valence-electron chi connectivity index (χ0n) is 18.1. The molecule has 8 heteroatoms. The van der Waals surface area contributed by atoms with Crippen molar-refractivity contribution in [1.29, 1.82) is 0 Å². The van der Waals surface area contributed by atoms with Crippen molar-refractivity contribution in [3.05, 3.63) is 39.8 Å². The number of hydrogen-bond donors (Lipinski definition) is 1. The van der Waals surface area contributed by atoms with Crippen LogP contribution >= 0.6 is 11.6 Å². The molecule has 158 valence electrons. The number of carbonyl (C=O) groups excluding carboxylic acids is 2. The molecule has 1 amide bonds. The third-order valence-corrected chi connectivity index (χ3v) is 5.23. The Morgan fingerprint density at radius 3 is 2.31 bits per heavy atom. The lowest BCUT2D eigenvalue weighted by atomic mass is 9.77. The van der Waals surface area contributed by atoms with Gasteiger partial charge in [-0.1, -0.05) is 23.7 Å². The third-order valence-electron chi connectivity index (χ3n) is 4.89. The second-order valence-electron chi connectivity index (χ2n) is 9.06. The van der Waals surface area contributed by atoms with Crippen molar-refractivity contribution >= 4 is 37.2 Å². The number of hydrogen-bond acceptors (Lipinski definition) is 5. The van der Waals surface area contributed by atoms with Crippen LogP contribution in [-0.4, -0.2) is 42.8 Å². The Labute approximate surface area is 178 Å². The molecule has 0 unspecified atom stereocenters. The molecule has 0 aliphatic carbocycles. The van der Waals surface area contributed by atoms with Crippen LogP contribution < -0.4 is 5.32 Å². The molecule has 29 heavy (non-hydrogen) atoms. The van der Waals surface area contributed by atoms with E-state index in [1.165, 1.54) is 0 Å². The van der Waals surface area contributed by atoms with Gasteiger partial charge in [-0.05, 0) is 71.6 Å². The molecule has 1 heterocycles. The smallest absolute Gasteiger partial charge is 0.444 e. The fraction of sp³-hybridized carbons (Fsp3) is 0.524. The number of halogens is 1. The molecule has 1 aromatic rings. The van der Waals surface area contributed by atoms with E-state index in [0.717, 1.165) is 6.29 Å². The zero-order chi connectivity index (χ0) is 22.0. The minimum atomic E-state index is -0.689. The van der Waals surface area contributed by atoms with Crippen LogP contribution in [0, 0.1) is 0 Å². The monoisotopic (exact) mass is 421 g/mol. The van der Waals surface area contributed by atoms with Crippen molar-refractivity contribution in [3.63, 3.8) is 0 Å². The first-order valence-electron chi connectivity index (χ1n) is 9.52. The summed E-state index contributed by atoms with van der Waals surface area (Å²) in [6.45, 7) is 13.3. The van der Waals surface area contributed by atoms with Gasteiger partial charge in [0.05, 0.1) is 11.2 Å². The van der Waals surface area contributed by atoms with Crippen LogP contribution in [0.4, 0.5) is 4.79 Å². The van der Waals surface area contributed by atoms with Gasteiger partial charge in [0.15, 0.2) is 0 Å². The standard InChI is InChI=1S/C21H29BClNO5/c1-19(2,3)27-18(26)24-12-16(22-28-20(4,5)21(6,7)29-22)11-15-10-14(13-25)8-9-17(15)23/h8-11,13H,12H2,1-7H3,(H,24,26). The lowest BCUT2D eigenvalue weighted by molar-refractivity contribution is 0.00578. The molecule has 0 aromatic heterocycles. The maximum Gasteiger partial charge on any atom is 0.492 e. The van der Waals surface area contributed by atoms with Gasteiger partial charge in [0.25, 0.3) is 0 Å². The van der Waals surface area contributed by atoms with Crippen LogP contribution in [0.1, 0.15) is 64.4 Å². The highest BCUT2D eigenvalue weighted by molar-refractivity contribution is 6.56. The van der Waals surface area contributed by atoms with Crippen molar-refractivity contribution in [2.24, 2.45) is 0 Å². The number of aldehydes is 1. The number of rotatable bonds is 5. The third kappa shape index (κ3) is 6.08. The normalized spacial score (nSPS) is 18.5. The number of benzene rings is 1. The van der Waals surface area contributed by atoms with E-state index in [9.17, 15) is 9.59 Å². The van der Waals surface area contributed by atoms with Gasteiger partial charge >= 0.3 is 13.2 Å². The van der Waals surface area contributed by atoms with E-state index >= 15 is 0 Å². The molecule has 0 bridgehead atoms. The molecular weight excluding hydrogens is 392 g/mol. The molecule has 0 saturated carbocycles. The molecule has 1 saturated heterocycles. The van der Waals surface area contributed by atoms with Gasteiger partial charge in [-0.2, -0.15) is 0 Å². The summed E-state index contributed by atoms with van der Waals surface area (Å²) in [5, 5.41) is 3.21. The minimum absolute atomic E-state index is 0.132. The Morgan fingerprint density at radius 2 is 1.79 bits per heavy atom.